The Balaban J connectivity index is 1.31. The van der Waals surface area contributed by atoms with Gasteiger partial charge in [0, 0.05) is 37.3 Å². The zero-order chi connectivity index (χ0) is 19.3. The Morgan fingerprint density at radius 2 is 1.96 bits per heavy atom. The molecule has 2 aromatic rings. The molecule has 1 aliphatic heterocycles. The lowest BCUT2D eigenvalue weighted by Gasteiger charge is -2.41. The smallest absolute Gasteiger partial charge is 0.256 e. The Labute approximate surface area is 167 Å². The van der Waals surface area contributed by atoms with Crippen molar-refractivity contribution in [3.05, 3.63) is 36.0 Å². The van der Waals surface area contributed by atoms with Gasteiger partial charge in [-0.2, -0.15) is 0 Å². The summed E-state index contributed by atoms with van der Waals surface area (Å²) in [5.41, 5.74) is 1.76. The van der Waals surface area contributed by atoms with Gasteiger partial charge in [-0.15, -0.1) is 0 Å². The number of para-hydroxylation sites is 1. The molecule has 4 atom stereocenters. The maximum absolute atomic E-state index is 13.3. The Morgan fingerprint density at radius 1 is 1.18 bits per heavy atom. The van der Waals surface area contributed by atoms with Crippen molar-refractivity contribution in [3.63, 3.8) is 0 Å². The van der Waals surface area contributed by atoms with Gasteiger partial charge in [-0.25, -0.2) is 0 Å². The van der Waals surface area contributed by atoms with E-state index >= 15 is 0 Å². The summed E-state index contributed by atoms with van der Waals surface area (Å²) < 4.78 is 6.37. The maximum atomic E-state index is 13.3. The zero-order valence-electron chi connectivity index (χ0n) is 16.9. The number of H-pyrrole nitrogens is 1. The summed E-state index contributed by atoms with van der Waals surface area (Å²) in [6.07, 6.45) is 7.09. The molecule has 1 N–H and O–H groups in total. The number of likely N-dealkylation sites (N-methyl/N-ethyl adjacent to an activating group) is 1. The van der Waals surface area contributed by atoms with Gasteiger partial charge in [0.15, 0.2) is 0 Å². The molecule has 28 heavy (non-hydrogen) atoms. The number of carbonyl (C=O) groups excluding carboxylic acids is 1. The molecule has 5 nitrogen and oxygen atoms in total. The highest BCUT2D eigenvalue weighted by Crippen LogP contribution is 2.40. The van der Waals surface area contributed by atoms with E-state index in [4.69, 9.17) is 4.74 Å². The number of likely N-dealkylation sites (tertiary alicyclic amines) is 1. The predicted molar refractivity (Wildman–Crippen MR) is 110 cm³/mol. The quantitative estimate of drug-likeness (QED) is 0.864. The minimum Gasteiger partial charge on any atom is -0.376 e. The van der Waals surface area contributed by atoms with Gasteiger partial charge in [-0.3, -0.25) is 4.79 Å². The molecule has 2 saturated carbocycles. The van der Waals surface area contributed by atoms with Crippen molar-refractivity contribution >= 4 is 16.8 Å². The normalized spacial score (nSPS) is 30.2. The largest absolute Gasteiger partial charge is 0.376 e. The number of hydrogen-bond donors (Lipinski definition) is 1. The number of ether oxygens (including phenoxy) is 1. The summed E-state index contributed by atoms with van der Waals surface area (Å²) in [4.78, 5) is 20.9. The van der Waals surface area contributed by atoms with E-state index in [0.29, 0.717) is 24.0 Å². The summed E-state index contributed by atoms with van der Waals surface area (Å²) in [5, 5.41) is 1.10. The number of aromatic nitrogens is 1. The van der Waals surface area contributed by atoms with Crippen LogP contribution in [0.25, 0.3) is 10.9 Å². The number of aromatic amines is 1. The Bertz CT molecular complexity index is 856. The number of carbonyl (C=O) groups is 1. The van der Waals surface area contributed by atoms with Crippen LogP contribution in [0.15, 0.2) is 30.5 Å². The number of nitrogens with zero attached hydrogens (tertiary/aromatic N) is 2. The molecule has 0 spiro atoms. The molecule has 3 aliphatic rings. The maximum Gasteiger partial charge on any atom is 0.256 e. The molecule has 3 fully saturated rings. The monoisotopic (exact) mass is 381 g/mol. The molecule has 0 radical (unpaired) electrons. The van der Waals surface area contributed by atoms with E-state index in [1.54, 1.807) is 0 Å². The lowest BCUT2D eigenvalue weighted by molar-refractivity contribution is -0.0493. The van der Waals surface area contributed by atoms with Crippen molar-refractivity contribution in [3.8, 4) is 0 Å². The number of hydrogen-bond acceptors (Lipinski definition) is 3. The van der Waals surface area contributed by atoms with Crippen LogP contribution in [0.5, 0.6) is 0 Å². The van der Waals surface area contributed by atoms with E-state index in [2.05, 4.69) is 34.9 Å². The Kier molecular flexibility index (Phi) is 4.68. The summed E-state index contributed by atoms with van der Waals surface area (Å²) in [5.74, 6) is 2.11. The van der Waals surface area contributed by atoms with Crippen LogP contribution < -0.4 is 0 Å². The lowest BCUT2D eigenvalue weighted by Crippen LogP contribution is -2.48. The molecule has 0 bridgehead atoms. The average molecular weight is 382 g/mol. The van der Waals surface area contributed by atoms with Crippen LogP contribution in [0.3, 0.4) is 0 Å². The fraction of sp³-hybridized carbons (Fsp3) is 0.609. The predicted octanol–water partition coefficient (Wildman–Crippen LogP) is 3.38. The van der Waals surface area contributed by atoms with E-state index < -0.39 is 0 Å². The summed E-state index contributed by atoms with van der Waals surface area (Å²) >= 11 is 0. The lowest BCUT2D eigenvalue weighted by atomic mass is 9.77. The van der Waals surface area contributed by atoms with E-state index in [-0.39, 0.29) is 5.91 Å². The van der Waals surface area contributed by atoms with Gasteiger partial charge in [-0.05, 0) is 69.7 Å². The SMILES string of the molecule is CN(C)[C@@H]1C[C@@H]2CN(C(=O)c3cccc4cc[nH]c34)C[C@@H]2C[C@H]1OCC1CC1. The molecule has 2 aliphatic carbocycles. The minimum absolute atomic E-state index is 0.166. The zero-order valence-corrected chi connectivity index (χ0v) is 16.9. The van der Waals surface area contributed by atoms with Crippen LogP contribution in [0.1, 0.15) is 36.0 Å². The molecule has 5 rings (SSSR count). The number of rotatable bonds is 5. The standard InChI is InChI=1S/C23H31N3O2/c1-25(2)20-10-17-12-26(13-18(17)11-21(20)28-14-15-6-7-15)23(27)19-5-3-4-16-8-9-24-22(16)19/h3-5,8-9,15,17-18,20-21,24H,6-7,10-14H2,1-2H3/t17-,18+,20-,21-/m1/s1. The number of fused-ring (bicyclic) bond motifs is 2. The van der Waals surface area contributed by atoms with E-state index in [0.717, 1.165) is 54.9 Å². The molecule has 2 heterocycles. The average Bonchev–Trinajstić information content (AvgIpc) is 3.23. The first-order valence-corrected chi connectivity index (χ1v) is 10.7. The van der Waals surface area contributed by atoms with Crippen molar-refractivity contribution in [2.24, 2.45) is 17.8 Å². The second-order valence-corrected chi connectivity index (χ2v) is 9.30. The molecular weight excluding hydrogens is 350 g/mol. The third-order valence-corrected chi connectivity index (χ3v) is 7.10. The van der Waals surface area contributed by atoms with E-state index in [1.807, 2.05) is 24.4 Å². The van der Waals surface area contributed by atoms with Crippen LogP contribution >= 0.6 is 0 Å². The van der Waals surface area contributed by atoms with Gasteiger partial charge in [0.1, 0.15) is 0 Å². The van der Waals surface area contributed by atoms with Crippen molar-refractivity contribution < 1.29 is 9.53 Å². The number of amides is 1. The van der Waals surface area contributed by atoms with Crippen LogP contribution in [0.2, 0.25) is 0 Å². The molecule has 150 valence electrons. The molecule has 0 unspecified atom stereocenters. The van der Waals surface area contributed by atoms with Gasteiger partial charge in [-0.1, -0.05) is 12.1 Å². The molecule has 1 saturated heterocycles. The highest BCUT2D eigenvalue weighted by atomic mass is 16.5. The van der Waals surface area contributed by atoms with Crippen molar-refractivity contribution in [2.45, 2.75) is 37.8 Å². The van der Waals surface area contributed by atoms with Crippen molar-refractivity contribution in [1.82, 2.24) is 14.8 Å². The summed E-state index contributed by atoms with van der Waals surface area (Å²) in [7, 11) is 4.34. The van der Waals surface area contributed by atoms with Gasteiger partial charge in [0.2, 0.25) is 0 Å². The second kappa shape index (κ2) is 7.20. The van der Waals surface area contributed by atoms with Crippen LogP contribution in [-0.4, -0.2) is 66.6 Å². The second-order valence-electron chi connectivity index (χ2n) is 9.30. The van der Waals surface area contributed by atoms with Crippen molar-refractivity contribution in [1.29, 1.82) is 0 Å². The summed E-state index contributed by atoms with van der Waals surface area (Å²) in [6, 6.07) is 8.47. The van der Waals surface area contributed by atoms with E-state index in [9.17, 15) is 4.79 Å². The van der Waals surface area contributed by atoms with Gasteiger partial charge in [0.05, 0.1) is 17.2 Å². The molecule has 1 aromatic carbocycles. The third-order valence-electron chi connectivity index (χ3n) is 7.10. The highest BCUT2D eigenvalue weighted by molar-refractivity contribution is 6.05. The van der Waals surface area contributed by atoms with Crippen LogP contribution in [0.4, 0.5) is 0 Å². The fourth-order valence-electron chi connectivity index (χ4n) is 5.26. The van der Waals surface area contributed by atoms with Gasteiger partial charge in [0.25, 0.3) is 5.91 Å². The Morgan fingerprint density at radius 3 is 2.71 bits per heavy atom. The number of benzene rings is 1. The first-order valence-electron chi connectivity index (χ1n) is 10.7. The first-order chi connectivity index (χ1) is 13.6. The first kappa shape index (κ1) is 18.2. The topological polar surface area (TPSA) is 48.6 Å². The molecule has 1 aromatic heterocycles. The van der Waals surface area contributed by atoms with Gasteiger partial charge < -0.3 is 19.5 Å². The summed E-state index contributed by atoms with van der Waals surface area (Å²) in [6.45, 7) is 2.66. The van der Waals surface area contributed by atoms with E-state index in [1.165, 1.54) is 12.8 Å². The molecule has 1 amide bonds. The number of nitrogens with one attached hydrogen (secondary N) is 1. The third kappa shape index (κ3) is 3.35. The minimum atomic E-state index is 0.166. The van der Waals surface area contributed by atoms with Crippen LogP contribution in [-0.2, 0) is 4.74 Å². The fourth-order valence-corrected chi connectivity index (χ4v) is 5.26. The highest BCUT2D eigenvalue weighted by Gasteiger charge is 2.45. The molecular formula is C23H31N3O2. The van der Waals surface area contributed by atoms with Crippen LogP contribution in [0, 0.1) is 17.8 Å². The van der Waals surface area contributed by atoms with Gasteiger partial charge >= 0.3 is 0 Å². The Hall–Kier alpha value is -1.85. The molecule has 5 heteroatoms. The van der Waals surface area contributed by atoms with Crippen molar-refractivity contribution in [2.75, 3.05) is 33.8 Å².